The Morgan fingerprint density at radius 3 is 2.00 bits per heavy atom. The summed E-state index contributed by atoms with van der Waals surface area (Å²) in [6, 6.07) is 1.10. The average molecular weight is 287 g/mol. The molecule has 2 fully saturated rings. The van der Waals surface area contributed by atoms with Gasteiger partial charge in [-0.1, -0.05) is 40.0 Å². The van der Waals surface area contributed by atoms with Crippen LogP contribution in [0.15, 0.2) is 0 Å². The summed E-state index contributed by atoms with van der Waals surface area (Å²) in [6.45, 7) is 9.54. The summed E-state index contributed by atoms with van der Waals surface area (Å²) >= 11 is 0. The molecule has 0 spiro atoms. The van der Waals surface area contributed by atoms with Crippen molar-refractivity contribution in [3.63, 3.8) is 0 Å². The van der Waals surface area contributed by atoms with Crippen molar-refractivity contribution < 1.29 is 4.57 Å². The van der Waals surface area contributed by atoms with Gasteiger partial charge in [0.1, 0.15) is 0 Å². The van der Waals surface area contributed by atoms with Crippen LogP contribution in [0, 0.1) is 0 Å². The second-order valence-electron chi connectivity index (χ2n) is 5.88. The third kappa shape index (κ3) is 3.60. The van der Waals surface area contributed by atoms with Gasteiger partial charge in [-0.3, -0.25) is 4.57 Å². The van der Waals surface area contributed by atoms with Gasteiger partial charge in [-0.05, 0) is 19.3 Å². The van der Waals surface area contributed by atoms with E-state index in [1.165, 1.54) is 19.3 Å². The fourth-order valence-corrected chi connectivity index (χ4v) is 5.93. The van der Waals surface area contributed by atoms with Crippen LogP contribution in [0.5, 0.6) is 0 Å². The van der Waals surface area contributed by atoms with Crippen molar-refractivity contribution >= 4 is 7.59 Å². The van der Waals surface area contributed by atoms with Crippen LogP contribution < -0.4 is 5.09 Å². The molecule has 4 nitrogen and oxygen atoms in total. The molecule has 19 heavy (non-hydrogen) atoms. The van der Waals surface area contributed by atoms with Gasteiger partial charge in [0, 0.05) is 31.7 Å². The monoisotopic (exact) mass is 287 g/mol. The van der Waals surface area contributed by atoms with Crippen molar-refractivity contribution in [2.45, 2.75) is 71.4 Å². The van der Waals surface area contributed by atoms with Crippen LogP contribution in [0.25, 0.3) is 0 Å². The van der Waals surface area contributed by atoms with E-state index >= 15 is 0 Å². The lowest BCUT2D eigenvalue weighted by atomic mass is 10.2. The highest BCUT2D eigenvalue weighted by Gasteiger charge is 2.56. The molecule has 112 valence electrons. The summed E-state index contributed by atoms with van der Waals surface area (Å²) in [5.41, 5.74) is 0. The topological polar surface area (TPSA) is 35.1 Å². The largest absolute Gasteiger partial charge is 0.284 e. The molecule has 0 aromatic heterocycles. The zero-order valence-corrected chi connectivity index (χ0v) is 13.7. The molecule has 2 rings (SSSR count). The SMILES string of the molecule is CCCCCCNP(=O)(N1CC1CC)N1CC1CC. The summed E-state index contributed by atoms with van der Waals surface area (Å²) in [5.74, 6) is 0. The number of nitrogens with one attached hydrogen (secondary N) is 1. The van der Waals surface area contributed by atoms with E-state index in [1.54, 1.807) is 0 Å². The molecular formula is C14H30N3OP. The Kier molecular flexibility index (Phi) is 5.47. The van der Waals surface area contributed by atoms with E-state index in [-0.39, 0.29) is 0 Å². The van der Waals surface area contributed by atoms with Gasteiger partial charge in [-0.2, -0.15) is 0 Å². The van der Waals surface area contributed by atoms with Gasteiger partial charge < -0.3 is 0 Å². The first-order chi connectivity index (χ1) is 9.17. The number of rotatable bonds is 10. The molecule has 1 N–H and O–H groups in total. The highest BCUT2D eigenvalue weighted by Crippen LogP contribution is 2.62. The van der Waals surface area contributed by atoms with E-state index in [4.69, 9.17) is 0 Å². The van der Waals surface area contributed by atoms with Crippen molar-refractivity contribution in [3.8, 4) is 0 Å². The predicted octanol–water partition coefficient (Wildman–Crippen LogP) is 3.45. The molecule has 4 unspecified atom stereocenters. The Bertz CT molecular complexity index is 315. The van der Waals surface area contributed by atoms with Gasteiger partial charge in [0.05, 0.1) is 0 Å². The van der Waals surface area contributed by atoms with E-state index in [2.05, 4.69) is 35.2 Å². The van der Waals surface area contributed by atoms with Gasteiger partial charge in [-0.25, -0.2) is 14.4 Å². The number of hydrogen-bond donors (Lipinski definition) is 1. The van der Waals surface area contributed by atoms with Gasteiger partial charge in [0.25, 0.3) is 7.59 Å². The first-order valence-corrected chi connectivity index (χ1v) is 9.68. The fourth-order valence-electron chi connectivity index (χ4n) is 2.79. The number of nitrogens with zero attached hydrogens (tertiary/aromatic N) is 2. The summed E-state index contributed by atoms with van der Waals surface area (Å²) in [7, 11) is -2.42. The first kappa shape index (κ1) is 15.5. The van der Waals surface area contributed by atoms with Crippen molar-refractivity contribution in [1.82, 2.24) is 14.4 Å². The molecule has 0 aromatic rings. The quantitative estimate of drug-likeness (QED) is 0.379. The summed E-state index contributed by atoms with van der Waals surface area (Å²) in [4.78, 5) is 0. The van der Waals surface area contributed by atoms with E-state index in [0.717, 1.165) is 38.9 Å². The zero-order valence-electron chi connectivity index (χ0n) is 12.8. The maximum absolute atomic E-state index is 13.2. The summed E-state index contributed by atoms with van der Waals surface area (Å²) in [6.07, 6.45) is 7.17. The molecule has 0 aliphatic carbocycles. The standard InChI is InChI=1S/C14H30N3OP/c1-4-7-8-9-10-15-19(18,16-11-13(16)5-2)17-12-14(17)6-3/h13-14H,4-12H2,1-3H3,(H,15,18). The highest BCUT2D eigenvalue weighted by molar-refractivity contribution is 7.57. The highest BCUT2D eigenvalue weighted by atomic mass is 31.2. The van der Waals surface area contributed by atoms with E-state index in [9.17, 15) is 4.57 Å². The average Bonchev–Trinajstić information content (AvgIpc) is 3.29. The maximum atomic E-state index is 13.2. The minimum atomic E-state index is -2.42. The molecule has 2 aliphatic rings. The van der Waals surface area contributed by atoms with Gasteiger partial charge in [0.15, 0.2) is 0 Å². The molecule has 0 saturated carbocycles. The van der Waals surface area contributed by atoms with Crippen LogP contribution >= 0.6 is 7.59 Å². The van der Waals surface area contributed by atoms with Crippen LogP contribution in [0.4, 0.5) is 0 Å². The molecule has 5 heteroatoms. The second kappa shape index (κ2) is 6.71. The van der Waals surface area contributed by atoms with Gasteiger partial charge >= 0.3 is 0 Å². The molecule has 2 heterocycles. The Morgan fingerprint density at radius 1 is 1.00 bits per heavy atom. The summed E-state index contributed by atoms with van der Waals surface area (Å²) in [5, 5.41) is 3.41. The van der Waals surface area contributed by atoms with Crippen molar-refractivity contribution in [3.05, 3.63) is 0 Å². The Balaban J connectivity index is 1.83. The summed E-state index contributed by atoms with van der Waals surface area (Å²) < 4.78 is 17.7. The first-order valence-electron chi connectivity index (χ1n) is 8.06. The second-order valence-corrected chi connectivity index (χ2v) is 8.31. The fraction of sp³-hybridized carbons (Fsp3) is 1.00. The smallest absolute Gasteiger partial charge is 0.270 e. The lowest BCUT2D eigenvalue weighted by Gasteiger charge is -2.23. The predicted molar refractivity (Wildman–Crippen MR) is 81.3 cm³/mol. The normalized spacial score (nSPS) is 35.9. The molecular weight excluding hydrogens is 257 g/mol. The third-order valence-electron chi connectivity index (χ3n) is 4.36. The van der Waals surface area contributed by atoms with Crippen molar-refractivity contribution in [1.29, 1.82) is 0 Å². The minimum absolute atomic E-state index is 0.548. The zero-order chi connectivity index (χ0) is 13.9. The molecule has 0 amide bonds. The Labute approximate surface area is 118 Å². The lowest BCUT2D eigenvalue weighted by Crippen LogP contribution is -2.24. The molecule has 0 radical (unpaired) electrons. The molecule has 2 aliphatic heterocycles. The van der Waals surface area contributed by atoms with Crippen molar-refractivity contribution in [2.75, 3.05) is 19.6 Å². The van der Waals surface area contributed by atoms with Crippen LogP contribution in [0.3, 0.4) is 0 Å². The van der Waals surface area contributed by atoms with Gasteiger partial charge in [0.2, 0.25) is 0 Å². The number of unbranched alkanes of at least 4 members (excludes halogenated alkanes) is 3. The Hall–Kier alpha value is 0.110. The molecule has 4 atom stereocenters. The maximum Gasteiger partial charge on any atom is 0.284 e. The third-order valence-corrected chi connectivity index (χ3v) is 7.37. The Morgan fingerprint density at radius 2 is 1.58 bits per heavy atom. The van der Waals surface area contributed by atoms with E-state index in [0.29, 0.717) is 12.1 Å². The number of hydrogen-bond acceptors (Lipinski definition) is 1. The molecule has 0 bridgehead atoms. The van der Waals surface area contributed by atoms with Crippen LogP contribution in [0.2, 0.25) is 0 Å². The van der Waals surface area contributed by atoms with E-state index < -0.39 is 7.59 Å². The van der Waals surface area contributed by atoms with Gasteiger partial charge in [-0.15, -0.1) is 0 Å². The van der Waals surface area contributed by atoms with Crippen molar-refractivity contribution in [2.24, 2.45) is 0 Å². The molecule has 0 aromatic carbocycles. The van der Waals surface area contributed by atoms with Crippen LogP contribution in [0.1, 0.15) is 59.3 Å². The van der Waals surface area contributed by atoms with Crippen LogP contribution in [-0.2, 0) is 4.57 Å². The lowest BCUT2D eigenvalue weighted by molar-refractivity contribution is 0.479. The minimum Gasteiger partial charge on any atom is -0.270 e. The molecule has 2 saturated heterocycles. The van der Waals surface area contributed by atoms with E-state index in [1.807, 2.05) is 0 Å². The van der Waals surface area contributed by atoms with Crippen LogP contribution in [-0.4, -0.2) is 41.1 Å².